The van der Waals surface area contributed by atoms with Crippen LogP contribution in [0.5, 0.6) is 0 Å². The third-order valence-electron chi connectivity index (χ3n) is 6.08. The van der Waals surface area contributed by atoms with Crippen molar-refractivity contribution in [3.63, 3.8) is 0 Å². The summed E-state index contributed by atoms with van der Waals surface area (Å²) in [6.45, 7) is 8.82. The van der Waals surface area contributed by atoms with Gasteiger partial charge in [-0.15, -0.1) is 0 Å². The van der Waals surface area contributed by atoms with Gasteiger partial charge in [0.1, 0.15) is 12.4 Å². The van der Waals surface area contributed by atoms with Crippen molar-refractivity contribution in [2.75, 3.05) is 33.4 Å². The largest absolute Gasteiger partial charge is 0.382 e. The van der Waals surface area contributed by atoms with E-state index in [0.29, 0.717) is 18.1 Å². The Balaban J connectivity index is 1.60. The topological polar surface area (TPSA) is 85.6 Å². The second-order valence-electron chi connectivity index (χ2n) is 8.29. The molecule has 3 rings (SSSR count). The number of methoxy groups -OCH3 is 1. The van der Waals surface area contributed by atoms with Crippen LogP contribution in [0, 0.1) is 5.41 Å². The van der Waals surface area contributed by atoms with Crippen LogP contribution < -0.4 is 10.6 Å². The average molecular weight is 407 g/mol. The van der Waals surface area contributed by atoms with Gasteiger partial charge in [0.05, 0.1) is 6.54 Å². The lowest BCUT2D eigenvalue weighted by Gasteiger charge is -2.29. The lowest BCUT2D eigenvalue weighted by Crippen LogP contribution is -2.47. The molecule has 0 spiro atoms. The van der Waals surface area contributed by atoms with E-state index in [0.717, 1.165) is 69.7 Å². The van der Waals surface area contributed by atoms with Gasteiger partial charge in [-0.2, -0.15) is 5.10 Å². The zero-order valence-electron chi connectivity index (χ0n) is 18.4. The second-order valence-corrected chi connectivity index (χ2v) is 8.29. The third-order valence-corrected chi connectivity index (χ3v) is 6.08. The molecule has 0 amide bonds. The van der Waals surface area contributed by atoms with Crippen molar-refractivity contribution in [3.05, 3.63) is 11.6 Å². The van der Waals surface area contributed by atoms with Crippen LogP contribution in [0.2, 0.25) is 0 Å². The molecule has 1 aliphatic carbocycles. The summed E-state index contributed by atoms with van der Waals surface area (Å²) in [6, 6.07) is 0.306. The van der Waals surface area contributed by atoms with Crippen LogP contribution in [-0.2, 0) is 29.0 Å². The number of hydrogen-bond donors (Lipinski definition) is 2. The van der Waals surface area contributed by atoms with E-state index in [2.05, 4.69) is 34.6 Å². The van der Waals surface area contributed by atoms with Gasteiger partial charge in [-0.05, 0) is 44.9 Å². The highest BCUT2D eigenvalue weighted by atomic mass is 16.5. The zero-order chi connectivity index (χ0) is 20.5. The van der Waals surface area contributed by atoms with Gasteiger partial charge in [-0.25, -0.2) is 9.67 Å². The number of nitrogens with zero attached hydrogens (tertiary/aromatic N) is 4. The maximum Gasteiger partial charge on any atom is 0.191 e. The molecule has 0 bridgehead atoms. The molecule has 2 heterocycles. The summed E-state index contributed by atoms with van der Waals surface area (Å²) in [4.78, 5) is 9.57. The summed E-state index contributed by atoms with van der Waals surface area (Å²) < 4.78 is 12.8. The van der Waals surface area contributed by atoms with E-state index in [9.17, 15) is 0 Å². The van der Waals surface area contributed by atoms with E-state index in [-0.39, 0.29) is 0 Å². The highest BCUT2D eigenvalue weighted by Crippen LogP contribution is 2.41. The molecule has 29 heavy (non-hydrogen) atoms. The summed E-state index contributed by atoms with van der Waals surface area (Å²) >= 11 is 0. The molecule has 1 saturated carbocycles. The van der Waals surface area contributed by atoms with Crippen molar-refractivity contribution < 1.29 is 9.47 Å². The van der Waals surface area contributed by atoms with Crippen LogP contribution in [0.1, 0.15) is 64.0 Å². The predicted octanol–water partition coefficient (Wildman–Crippen LogP) is 2.28. The lowest BCUT2D eigenvalue weighted by atomic mass is 9.83. The zero-order valence-corrected chi connectivity index (χ0v) is 18.4. The van der Waals surface area contributed by atoms with E-state index < -0.39 is 0 Å². The molecule has 8 heteroatoms. The molecule has 1 atom stereocenters. The summed E-state index contributed by atoms with van der Waals surface area (Å²) in [6.07, 6.45) is 8.21. The van der Waals surface area contributed by atoms with Crippen LogP contribution >= 0.6 is 0 Å². The number of ether oxygens (including phenoxy) is 2. The number of nitrogens with one attached hydrogen (secondary N) is 2. The van der Waals surface area contributed by atoms with Gasteiger partial charge in [-0.3, -0.25) is 4.99 Å². The predicted molar refractivity (Wildman–Crippen MR) is 114 cm³/mol. The standard InChI is InChI=1S/C21H38N6O2/c1-4-22-20(23-16-21(10-6-7-11-21)12-13-29-5-2)24-17-8-9-19-25-18(15-28-3)26-27(19)14-17/h17H,4-16H2,1-3H3,(H2,22,23,24). The first-order valence-electron chi connectivity index (χ1n) is 11.2. The van der Waals surface area contributed by atoms with Gasteiger partial charge in [-0.1, -0.05) is 12.8 Å². The van der Waals surface area contributed by atoms with Crippen molar-refractivity contribution in [1.82, 2.24) is 25.4 Å². The van der Waals surface area contributed by atoms with Crippen molar-refractivity contribution >= 4 is 5.96 Å². The molecule has 0 saturated heterocycles. The molecule has 164 valence electrons. The highest BCUT2D eigenvalue weighted by Gasteiger charge is 2.33. The maximum atomic E-state index is 5.64. The summed E-state index contributed by atoms with van der Waals surface area (Å²) in [7, 11) is 1.68. The van der Waals surface area contributed by atoms with Crippen LogP contribution in [0.15, 0.2) is 4.99 Å². The SMILES string of the molecule is CCNC(=NCC1(CCOCC)CCCC1)NC1CCc2nc(COC)nn2C1. The minimum Gasteiger partial charge on any atom is -0.382 e. The molecule has 0 radical (unpaired) electrons. The Morgan fingerprint density at radius 1 is 1.31 bits per heavy atom. The number of rotatable bonds is 10. The van der Waals surface area contributed by atoms with Gasteiger partial charge >= 0.3 is 0 Å². The van der Waals surface area contributed by atoms with E-state index in [4.69, 9.17) is 14.5 Å². The normalized spacial score (nSPS) is 21.2. The summed E-state index contributed by atoms with van der Waals surface area (Å²) in [5.74, 6) is 2.74. The molecule has 1 unspecified atom stereocenters. The Kier molecular flexibility index (Phi) is 8.29. The van der Waals surface area contributed by atoms with Crippen LogP contribution in [0.3, 0.4) is 0 Å². The lowest BCUT2D eigenvalue weighted by molar-refractivity contribution is 0.107. The third kappa shape index (κ3) is 6.15. The first kappa shape index (κ1) is 22.0. The van der Waals surface area contributed by atoms with Gasteiger partial charge in [0.15, 0.2) is 11.8 Å². The van der Waals surface area contributed by atoms with E-state index in [1.807, 2.05) is 4.68 Å². The number of aryl methyl sites for hydroxylation is 1. The molecular weight excluding hydrogens is 368 g/mol. The molecule has 1 fully saturated rings. The van der Waals surface area contributed by atoms with Crippen LogP contribution in [0.4, 0.5) is 0 Å². The van der Waals surface area contributed by atoms with Crippen molar-refractivity contribution in [2.24, 2.45) is 10.4 Å². The Morgan fingerprint density at radius 2 is 2.14 bits per heavy atom. The molecule has 1 aromatic heterocycles. The fourth-order valence-electron chi connectivity index (χ4n) is 4.47. The number of guanidine groups is 1. The molecule has 2 N–H and O–H groups in total. The Labute approximate surface area is 174 Å². The number of fused-ring (bicyclic) bond motifs is 1. The molecule has 0 aromatic carbocycles. The average Bonchev–Trinajstić information content (AvgIpc) is 3.34. The van der Waals surface area contributed by atoms with Crippen LogP contribution in [-0.4, -0.2) is 60.2 Å². The summed E-state index contributed by atoms with van der Waals surface area (Å²) in [5, 5.41) is 11.6. The molecule has 8 nitrogen and oxygen atoms in total. The van der Waals surface area contributed by atoms with E-state index in [1.165, 1.54) is 25.7 Å². The van der Waals surface area contributed by atoms with Crippen molar-refractivity contribution in [2.45, 2.75) is 78.0 Å². The number of aliphatic imine (C=N–C) groups is 1. The minimum absolute atomic E-state index is 0.304. The van der Waals surface area contributed by atoms with Crippen molar-refractivity contribution in [3.8, 4) is 0 Å². The van der Waals surface area contributed by atoms with Crippen molar-refractivity contribution in [1.29, 1.82) is 0 Å². The highest BCUT2D eigenvalue weighted by molar-refractivity contribution is 5.80. The number of aromatic nitrogens is 3. The second kappa shape index (κ2) is 10.9. The van der Waals surface area contributed by atoms with E-state index in [1.54, 1.807) is 7.11 Å². The maximum absolute atomic E-state index is 5.64. The smallest absolute Gasteiger partial charge is 0.191 e. The molecule has 1 aliphatic heterocycles. The van der Waals surface area contributed by atoms with Gasteiger partial charge in [0.25, 0.3) is 0 Å². The minimum atomic E-state index is 0.304. The molecule has 2 aliphatic rings. The molecule has 1 aromatic rings. The Morgan fingerprint density at radius 3 is 2.86 bits per heavy atom. The summed E-state index contributed by atoms with van der Waals surface area (Å²) in [5.41, 5.74) is 0.304. The van der Waals surface area contributed by atoms with Gasteiger partial charge < -0.3 is 20.1 Å². The fraction of sp³-hybridized carbons (Fsp3) is 0.857. The first-order valence-corrected chi connectivity index (χ1v) is 11.2. The van der Waals surface area contributed by atoms with Gasteiger partial charge in [0, 0.05) is 45.9 Å². The van der Waals surface area contributed by atoms with E-state index >= 15 is 0 Å². The van der Waals surface area contributed by atoms with Crippen LogP contribution in [0.25, 0.3) is 0 Å². The fourth-order valence-corrected chi connectivity index (χ4v) is 4.47. The quantitative estimate of drug-likeness (QED) is 0.352. The van der Waals surface area contributed by atoms with Gasteiger partial charge in [0.2, 0.25) is 0 Å². The first-order chi connectivity index (χ1) is 14.2. The Bertz CT molecular complexity index is 654. The monoisotopic (exact) mass is 406 g/mol. The number of hydrogen-bond acceptors (Lipinski definition) is 5. The Hall–Kier alpha value is -1.67. The molecular formula is C21H38N6O2.